The van der Waals surface area contributed by atoms with Crippen molar-refractivity contribution in [3.05, 3.63) is 29.8 Å². The van der Waals surface area contributed by atoms with Gasteiger partial charge in [0.25, 0.3) is 0 Å². The average Bonchev–Trinajstić information content (AvgIpc) is 2.49. The molecule has 7 heteroatoms. The summed E-state index contributed by atoms with van der Waals surface area (Å²) >= 11 is 0. The van der Waals surface area contributed by atoms with E-state index in [1.54, 1.807) is 0 Å². The van der Waals surface area contributed by atoms with Crippen LogP contribution in [0.15, 0.2) is 18.2 Å². The highest BCUT2D eigenvalue weighted by molar-refractivity contribution is 5.90. The van der Waals surface area contributed by atoms with E-state index in [1.165, 1.54) is 6.07 Å². The van der Waals surface area contributed by atoms with Crippen molar-refractivity contribution in [1.29, 1.82) is 0 Å². The molecule has 3 N–H and O–H groups in total. The third-order valence-electron chi connectivity index (χ3n) is 4.02. The van der Waals surface area contributed by atoms with Crippen LogP contribution in [0.2, 0.25) is 0 Å². The average molecular weight is 325 g/mol. The lowest BCUT2D eigenvalue weighted by Crippen LogP contribution is -2.43. The maximum Gasteiger partial charge on any atom is 0.225 e. The fraction of sp³-hybridized carbons (Fsp3) is 0.500. The number of carbonyl (C=O) groups is 2. The maximum absolute atomic E-state index is 13.1. The fourth-order valence-corrected chi connectivity index (χ4v) is 2.86. The molecule has 1 heterocycles. The summed E-state index contributed by atoms with van der Waals surface area (Å²) in [6.07, 6.45) is 3.49. The molecule has 1 aromatic carbocycles. The van der Waals surface area contributed by atoms with Crippen LogP contribution >= 0.6 is 0 Å². The van der Waals surface area contributed by atoms with E-state index in [0.717, 1.165) is 37.9 Å². The number of carbonyl (C=O) groups excluding carboxylic acids is 2. The van der Waals surface area contributed by atoms with E-state index in [2.05, 4.69) is 10.2 Å². The molecule has 2 rings (SSSR count). The summed E-state index contributed by atoms with van der Waals surface area (Å²) in [6, 6.07) is 3.31. The van der Waals surface area contributed by atoms with Crippen molar-refractivity contribution in [2.24, 2.45) is 5.73 Å². The molecular weight excluding hydrogens is 304 g/mol. The van der Waals surface area contributed by atoms with Crippen LogP contribution in [0.1, 0.15) is 32.1 Å². The number of likely N-dealkylation sites (tertiary alicyclic amines) is 1. The van der Waals surface area contributed by atoms with Crippen LogP contribution in [0.25, 0.3) is 0 Å². The van der Waals surface area contributed by atoms with Crippen molar-refractivity contribution in [3.63, 3.8) is 0 Å². The molecular formula is C16H21F2N3O2. The zero-order valence-electron chi connectivity index (χ0n) is 12.9. The van der Waals surface area contributed by atoms with Crippen LogP contribution in [0.5, 0.6) is 0 Å². The van der Waals surface area contributed by atoms with Gasteiger partial charge in [-0.25, -0.2) is 8.78 Å². The molecule has 5 nitrogen and oxygen atoms in total. The standard InChI is InChI=1S/C16H21F2N3O2/c17-13-5-4-11(9-14(13)18)20-16(23)6-8-21-7-2-1-3-12(21)10-15(19)22/h4-5,9,12H,1-3,6-8,10H2,(H2,19,22)(H,20,23)/t12-/m1/s1. The first kappa shape index (κ1) is 17.3. The van der Waals surface area contributed by atoms with Crippen molar-refractivity contribution < 1.29 is 18.4 Å². The van der Waals surface area contributed by atoms with Crippen LogP contribution in [0, 0.1) is 11.6 Å². The van der Waals surface area contributed by atoms with Crippen molar-refractivity contribution >= 4 is 17.5 Å². The predicted octanol–water partition coefficient (Wildman–Crippen LogP) is 2.02. The number of hydrogen-bond donors (Lipinski definition) is 2. The van der Waals surface area contributed by atoms with Crippen LogP contribution in [0.4, 0.5) is 14.5 Å². The highest BCUT2D eigenvalue weighted by Crippen LogP contribution is 2.20. The summed E-state index contributed by atoms with van der Waals surface area (Å²) in [7, 11) is 0. The summed E-state index contributed by atoms with van der Waals surface area (Å²) in [5.74, 6) is -2.57. The van der Waals surface area contributed by atoms with Crippen LogP contribution in [-0.2, 0) is 9.59 Å². The molecule has 1 aliphatic heterocycles. The molecule has 0 radical (unpaired) electrons. The number of hydrogen-bond acceptors (Lipinski definition) is 3. The Bertz CT molecular complexity index is 580. The number of halogens is 2. The first-order chi connectivity index (χ1) is 11.0. The van der Waals surface area contributed by atoms with E-state index in [9.17, 15) is 18.4 Å². The van der Waals surface area contributed by atoms with Gasteiger partial charge in [0.1, 0.15) is 0 Å². The second-order valence-corrected chi connectivity index (χ2v) is 5.78. The number of rotatable bonds is 6. The minimum atomic E-state index is -1.000. The van der Waals surface area contributed by atoms with Gasteiger partial charge in [0.05, 0.1) is 0 Å². The lowest BCUT2D eigenvalue weighted by atomic mass is 9.99. The monoisotopic (exact) mass is 325 g/mol. The normalized spacial score (nSPS) is 18.6. The molecule has 1 atom stereocenters. The maximum atomic E-state index is 13.1. The lowest BCUT2D eigenvalue weighted by molar-refractivity contribution is -0.119. The van der Waals surface area contributed by atoms with E-state index < -0.39 is 11.6 Å². The number of piperidine rings is 1. The zero-order valence-corrected chi connectivity index (χ0v) is 12.9. The molecule has 23 heavy (non-hydrogen) atoms. The Kier molecular flexibility index (Phi) is 6.04. The molecule has 0 aromatic heterocycles. The molecule has 0 spiro atoms. The Labute approximate surface area is 133 Å². The van der Waals surface area contributed by atoms with Crippen LogP contribution < -0.4 is 11.1 Å². The molecule has 2 amide bonds. The Morgan fingerprint density at radius 3 is 2.74 bits per heavy atom. The van der Waals surface area contributed by atoms with Gasteiger partial charge in [0.2, 0.25) is 11.8 Å². The Morgan fingerprint density at radius 1 is 1.26 bits per heavy atom. The van der Waals surface area contributed by atoms with Crippen molar-refractivity contribution in [2.45, 2.75) is 38.1 Å². The number of benzene rings is 1. The molecule has 1 aromatic rings. The topological polar surface area (TPSA) is 75.4 Å². The smallest absolute Gasteiger partial charge is 0.225 e. The van der Waals surface area contributed by atoms with Gasteiger partial charge in [-0.1, -0.05) is 6.42 Å². The molecule has 0 bridgehead atoms. The summed E-state index contributed by atoms with van der Waals surface area (Å²) in [6.45, 7) is 1.34. The quantitative estimate of drug-likeness (QED) is 0.840. The Hall–Kier alpha value is -2.02. The van der Waals surface area contributed by atoms with E-state index in [4.69, 9.17) is 5.73 Å². The third-order valence-corrected chi connectivity index (χ3v) is 4.02. The van der Waals surface area contributed by atoms with Crippen molar-refractivity contribution in [2.75, 3.05) is 18.4 Å². The lowest BCUT2D eigenvalue weighted by Gasteiger charge is -2.34. The molecule has 0 aliphatic carbocycles. The molecule has 1 fully saturated rings. The second kappa shape index (κ2) is 8.01. The first-order valence-corrected chi connectivity index (χ1v) is 7.73. The fourth-order valence-electron chi connectivity index (χ4n) is 2.86. The highest BCUT2D eigenvalue weighted by Gasteiger charge is 2.24. The highest BCUT2D eigenvalue weighted by atomic mass is 19.2. The number of amides is 2. The Morgan fingerprint density at radius 2 is 2.04 bits per heavy atom. The molecule has 1 saturated heterocycles. The summed E-state index contributed by atoms with van der Waals surface area (Å²) in [4.78, 5) is 25.1. The van der Waals surface area contributed by atoms with Crippen LogP contribution in [0.3, 0.4) is 0 Å². The van der Waals surface area contributed by atoms with E-state index in [-0.39, 0.29) is 30.0 Å². The van der Waals surface area contributed by atoms with Gasteiger partial charge >= 0.3 is 0 Å². The van der Waals surface area contributed by atoms with Gasteiger partial charge in [-0.2, -0.15) is 0 Å². The van der Waals surface area contributed by atoms with Crippen LogP contribution in [-0.4, -0.2) is 35.8 Å². The second-order valence-electron chi connectivity index (χ2n) is 5.78. The molecule has 0 unspecified atom stereocenters. The molecule has 126 valence electrons. The first-order valence-electron chi connectivity index (χ1n) is 7.73. The van der Waals surface area contributed by atoms with Crippen molar-refractivity contribution in [1.82, 2.24) is 4.90 Å². The van der Waals surface area contributed by atoms with E-state index in [0.29, 0.717) is 13.0 Å². The molecule has 1 aliphatic rings. The summed E-state index contributed by atoms with van der Waals surface area (Å²) in [5.41, 5.74) is 5.48. The van der Waals surface area contributed by atoms with E-state index >= 15 is 0 Å². The predicted molar refractivity (Wildman–Crippen MR) is 82.6 cm³/mol. The number of nitrogens with two attached hydrogens (primary N) is 1. The molecule has 0 saturated carbocycles. The largest absolute Gasteiger partial charge is 0.370 e. The van der Waals surface area contributed by atoms with Gasteiger partial charge in [0.15, 0.2) is 11.6 Å². The Balaban J connectivity index is 1.84. The van der Waals surface area contributed by atoms with Gasteiger partial charge < -0.3 is 11.1 Å². The minimum Gasteiger partial charge on any atom is -0.370 e. The van der Waals surface area contributed by atoms with Gasteiger partial charge in [-0.05, 0) is 31.5 Å². The number of anilines is 1. The van der Waals surface area contributed by atoms with Gasteiger partial charge in [0, 0.05) is 37.2 Å². The summed E-state index contributed by atoms with van der Waals surface area (Å²) < 4.78 is 25.9. The number of primary amides is 1. The number of nitrogens with one attached hydrogen (secondary N) is 1. The van der Waals surface area contributed by atoms with Gasteiger partial charge in [-0.15, -0.1) is 0 Å². The SMILES string of the molecule is NC(=O)C[C@H]1CCCCN1CCC(=O)Nc1ccc(F)c(F)c1. The minimum absolute atomic E-state index is 0.0808. The van der Waals surface area contributed by atoms with E-state index in [1.807, 2.05) is 0 Å². The number of nitrogens with zero attached hydrogens (tertiary/aromatic N) is 1. The zero-order chi connectivity index (χ0) is 16.8. The third kappa shape index (κ3) is 5.28. The van der Waals surface area contributed by atoms with Crippen molar-refractivity contribution in [3.8, 4) is 0 Å². The van der Waals surface area contributed by atoms with Gasteiger partial charge in [-0.3, -0.25) is 14.5 Å². The summed E-state index contributed by atoms with van der Waals surface area (Å²) in [5, 5.41) is 2.54.